The number of rotatable bonds is 7. The van der Waals surface area contributed by atoms with Gasteiger partial charge in [0.2, 0.25) is 5.91 Å². The van der Waals surface area contributed by atoms with Crippen LogP contribution in [-0.2, 0) is 4.79 Å². The molecule has 1 fully saturated rings. The fourth-order valence-corrected chi connectivity index (χ4v) is 3.83. The molecule has 10 heteroatoms. The molecule has 0 spiro atoms. The Morgan fingerprint density at radius 3 is 2.87 bits per heavy atom. The second-order valence-corrected chi connectivity index (χ2v) is 7.52. The van der Waals surface area contributed by atoms with Gasteiger partial charge in [-0.1, -0.05) is 11.6 Å². The Balaban J connectivity index is 2.07. The molecule has 8 nitrogen and oxygen atoms in total. The SMILES string of the molecule is CCOc1c(C(C)Nc2ncnc(N)c2C(C)=N)cc(Cl)c(F)c1C1CNC(=O)C1. The van der Waals surface area contributed by atoms with Crippen LogP contribution in [0, 0.1) is 11.2 Å². The molecule has 5 N–H and O–H groups in total. The van der Waals surface area contributed by atoms with Crippen LogP contribution in [0.1, 0.15) is 55.8 Å². The lowest BCUT2D eigenvalue weighted by molar-refractivity contribution is -0.119. The molecular weight excluding hydrogens is 411 g/mol. The average molecular weight is 435 g/mol. The van der Waals surface area contributed by atoms with E-state index in [1.807, 2.05) is 6.92 Å². The largest absolute Gasteiger partial charge is 0.493 e. The van der Waals surface area contributed by atoms with Gasteiger partial charge in [0, 0.05) is 35.7 Å². The number of anilines is 2. The minimum atomic E-state index is -0.583. The number of nitrogens with two attached hydrogens (primary N) is 1. The molecule has 30 heavy (non-hydrogen) atoms. The van der Waals surface area contributed by atoms with Gasteiger partial charge >= 0.3 is 0 Å². The minimum Gasteiger partial charge on any atom is -0.493 e. The number of nitrogen functional groups attached to an aromatic ring is 1. The number of hydrogen-bond acceptors (Lipinski definition) is 7. The number of aromatic nitrogens is 2. The van der Waals surface area contributed by atoms with Gasteiger partial charge in [-0.3, -0.25) is 4.79 Å². The van der Waals surface area contributed by atoms with E-state index in [0.717, 1.165) is 0 Å². The Hall–Kier alpha value is -2.94. The predicted octanol–water partition coefficient (Wildman–Crippen LogP) is 3.41. The highest BCUT2D eigenvalue weighted by Crippen LogP contribution is 2.42. The highest BCUT2D eigenvalue weighted by atomic mass is 35.5. The molecule has 2 unspecified atom stereocenters. The minimum absolute atomic E-state index is 0.0536. The number of amides is 1. The molecular formula is C20H24ClFN6O2. The van der Waals surface area contributed by atoms with Gasteiger partial charge in [0.05, 0.1) is 23.2 Å². The Morgan fingerprint density at radius 1 is 1.53 bits per heavy atom. The normalized spacial score (nSPS) is 16.8. The Labute approximate surface area is 178 Å². The van der Waals surface area contributed by atoms with Crippen LogP contribution >= 0.6 is 11.6 Å². The van der Waals surface area contributed by atoms with Gasteiger partial charge in [0.1, 0.15) is 29.5 Å². The average Bonchev–Trinajstić information content (AvgIpc) is 3.10. The van der Waals surface area contributed by atoms with Gasteiger partial charge in [-0.2, -0.15) is 0 Å². The Morgan fingerprint density at radius 2 is 2.27 bits per heavy atom. The van der Waals surface area contributed by atoms with E-state index in [1.54, 1.807) is 13.8 Å². The maximum atomic E-state index is 15.0. The van der Waals surface area contributed by atoms with Crippen LogP contribution < -0.4 is 21.1 Å². The van der Waals surface area contributed by atoms with E-state index in [1.165, 1.54) is 12.4 Å². The van der Waals surface area contributed by atoms with E-state index < -0.39 is 11.9 Å². The Bertz CT molecular complexity index is 1000. The molecule has 1 aromatic carbocycles. The lowest BCUT2D eigenvalue weighted by Crippen LogP contribution is -2.17. The van der Waals surface area contributed by atoms with Gasteiger partial charge in [0.15, 0.2) is 0 Å². The summed E-state index contributed by atoms with van der Waals surface area (Å²) in [4.78, 5) is 19.9. The van der Waals surface area contributed by atoms with Crippen molar-refractivity contribution < 1.29 is 13.9 Å². The standard InChI is InChI=1S/C20H24ClFN6O2/c1-4-30-18-12(6-13(21)17(22)16(18)11-5-14(29)25-7-11)10(3)28-20-15(9(2)23)19(24)26-8-27-20/h6,8,10-11,23H,4-5,7H2,1-3H3,(H,25,29)(H3,24,26,27,28). The molecule has 2 aromatic rings. The molecule has 1 saturated heterocycles. The lowest BCUT2D eigenvalue weighted by atomic mass is 9.92. The number of carbonyl (C=O) groups is 1. The van der Waals surface area contributed by atoms with E-state index in [-0.39, 0.29) is 40.4 Å². The Kier molecular flexibility index (Phi) is 6.40. The van der Waals surface area contributed by atoms with Gasteiger partial charge in [-0.25, -0.2) is 14.4 Å². The summed E-state index contributed by atoms with van der Waals surface area (Å²) in [5.74, 6) is -0.180. The maximum absolute atomic E-state index is 15.0. The first-order chi connectivity index (χ1) is 14.2. The van der Waals surface area contributed by atoms with Crippen molar-refractivity contribution in [3.05, 3.63) is 39.9 Å². The third kappa shape index (κ3) is 4.16. The van der Waals surface area contributed by atoms with E-state index in [4.69, 9.17) is 27.5 Å². The molecule has 3 rings (SSSR count). The summed E-state index contributed by atoms with van der Waals surface area (Å²) in [6.07, 6.45) is 1.47. The fourth-order valence-electron chi connectivity index (χ4n) is 3.61. The van der Waals surface area contributed by atoms with E-state index in [9.17, 15) is 4.79 Å². The zero-order chi connectivity index (χ0) is 22.0. The number of hydrogen-bond donors (Lipinski definition) is 4. The van der Waals surface area contributed by atoms with Crippen molar-refractivity contribution in [2.45, 2.75) is 39.2 Å². The van der Waals surface area contributed by atoms with E-state index in [0.29, 0.717) is 35.8 Å². The molecule has 2 atom stereocenters. The first-order valence-corrected chi connectivity index (χ1v) is 9.96. The molecule has 2 heterocycles. The second kappa shape index (κ2) is 8.83. The van der Waals surface area contributed by atoms with Crippen molar-refractivity contribution in [2.75, 3.05) is 24.2 Å². The highest BCUT2D eigenvalue weighted by molar-refractivity contribution is 6.31. The van der Waals surface area contributed by atoms with Crippen LogP contribution in [0.25, 0.3) is 0 Å². The van der Waals surface area contributed by atoms with Crippen molar-refractivity contribution >= 4 is 34.9 Å². The molecule has 160 valence electrons. The topological polar surface area (TPSA) is 126 Å². The quantitative estimate of drug-likeness (QED) is 0.494. The predicted molar refractivity (Wildman–Crippen MR) is 114 cm³/mol. The second-order valence-electron chi connectivity index (χ2n) is 7.12. The van der Waals surface area contributed by atoms with Crippen LogP contribution in [0.3, 0.4) is 0 Å². The summed E-state index contributed by atoms with van der Waals surface area (Å²) >= 11 is 6.22. The number of ether oxygens (including phenoxy) is 1. The molecule has 1 amide bonds. The molecule has 1 aliphatic heterocycles. The third-order valence-corrected chi connectivity index (χ3v) is 5.26. The number of nitrogens with zero attached hydrogens (tertiary/aromatic N) is 2. The number of carbonyl (C=O) groups excluding carboxylic acids is 1. The van der Waals surface area contributed by atoms with Crippen molar-refractivity contribution in [3.63, 3.8) is 0 Å². The monoisotopic (exact) mass is 434 g/mol. The molecule has 0 bridgehead atoms. The van der Waals surface area contributed by atoms with Crippen LogP contribution in [-0.4, -0.2) is 34.7 Å². The molecule has 0 saturated carbocycles. The lowest BCUT2D eigenvalue weighted by Gasteiger charge is -2.24. The summed E-state index contributed by atoms with van der Waals surface area (Å²) in [6, 6.07) is 1.09. The summed E-state index contributed by atoms with van der Waals surface area (Å²) in [7, 11) is 0. The maximum Gasteiger partial charge on any atom is 0.220 e. The van der Waals surface area contributed by atoms with Crippen LogP contribution in [0.5, 0.6) is 5.75 Å². The van der Waals surface area contributed by atoms with Gasteiger partial charge in [0.25, 0.3) is 0 Å². The summed E-state index contributed by atoms with van der Waals surface area (Å²) < 4.78 is 20.9. The molecule has 1 aliphatic rings. The van der Waals surface area contributed by atoms with Gasteiger partial charge in [-0.05, 0) is 26.8 Å². The van der Waals surface area contributed by atoms with Crippen molar-refractivity contribution in [3.8, 4) is 5.75 Å². The van der Waals surface area contributed by atoms with Crippen LogP contribution in [0.4, 0.5) is 16.0 Å². The molecule has 1 aromatic heterocycles. The van der Waals surface area contributed by atoms with Crippen molar-refractivity contribution in [1.82, 2.24) is 15.3 Å². The summed E-state index contributed by atoms with van der Waals surface area (Å²) in [6.45, 7) is 5.87. The van der Waals surface area contributed by atoms with Gasteiger partial charge < -0.3 is 26.5 Å². The third-order valence-electron chi connectivity index (χ3n) is 4.98. The molecule has 0 radical (unpaired) electrons. The first kappa shape index (κ1) is 21.8. The zero-order valence-electron chi connectivity index (χ0n) is 17.0. The smallest absolute Gasteiger partial charge is 0.220 e. The van der Waals surface area contributed by atoms with Crippen LogP contribution in [0.15, 0.2) is 12.4 Å². The van der Waals surface area contributed by atoms with E-state index in [2.05, 4.69) is 20.6 Å². The number of halogens is 2. The van der Waals surface area contributed by atoms with E-state index >= 15 is 4.39 Å². The summed E-state index contributed by atoms with van der Waals surface area (Å²) in [5.41, 5.74) is 7.41. The number of benzene rings is 1. The van der Waals surface area contributed by atoms with Crippen molar-refractivity contribution in [1.29, 1.82) is 5.41 Å². The van der Waals surface area contributed by atoms with Crippen molar-refractivity contribution in [2.24, 2.45) is 0 Å². The van der Waals surface area contributed by atoms with Gasteiger partial charge in [-0.15, -0.1) is 0 Å². The summed E-state index contributed by atoms with van der Waals surface area (Å²) in [5, 5.41) is 13.8. The first-order valence-electron chi connectivity index (χ1n) is 9.58. The molecule has 0 aliphatic carbocycles. The fraction of sp³-hybridized carbons (Fsp3) is 0.400. The van der Waals surface area contributed by atoms with Crippen LogP contribution in [0.2, 0.25) is 5.02 Å². The zero-order valence-corrected chi connectivity index (χ0v) is 17.7. The highest BCUT2D eigenvalue weighted by Gasteiger charge is 2.32. The number of nitrogens with one attached hydrogen (secondary N) is 3.